The van der Waals surface area contributed by atoms with Crippen LogP contribution in [0.1, 0.15) is 29.2 Å². The molecule has 4 heteroatoms. The number of nitrogens with one attached hydrogen (secondary N) is 1. The summed E-state index contributed by atoms with van der Waals surface area (Å²) in [6, 6.07) is 26.2. The molecule has 1 aromatic heterocycles. The van der Waals surface area contributed by atoms with Crippen molar-refractivity contribution in [2.24, 2.45) is 0 Å². The normalized spacial score (nSPS) is 12.8. The van der Waals surface area contributed by atoms with E-state index in [9.17, 15) is 4.79 Å². The summed E-state index contributed by atoms with van der Waals surface area (Å²) < 4.78 is 8.32. The van der Waals surface area contributed by atoms with E-state index < -0.39 is 0 Å². The van der Waals surface area contributed by atoms with Gasteiger partial charge in [-0.1, -0.05) is 54.6 Å². The Kier molecular flexibility index (Phi) is 4.75. The van der Waals surface area contributed by atoms with Gasteiger partial charge in [-0.3, -0.25) is 4.79 Å². The zero-order valence-electron chi connectivity index (χ0n) is 17.0. The number of fused-ring (bicyclic) bond motifs is 3. The third-order valence-corrected chi connectivity index (χ3v) is 5.82. The molecule has 0 atom stereocenters. The van der Waals surface area contributed by atoms with Crippen molar-refractivity contribution in [3.8, 4) is 11.5 Å². The van der Waals surface area contributed by atoms with E-state index in [1.54, 1.807) is 0 Å². The number of rotatable bonds is 5. The highest BCUT2D eigenvalue weighted by Gasteiger charge is 2.32. The lowest BCUT2D eigenvalue weighted by Gasteiger charge is -2.27. The summed E-state index contributed by atoms with van der Waals surface area (Å²) in [6.45, 7) is 3.64. The second-order valence-corrected chi connectivity index (χ2v) is 7.75. The molecule has 1 aliphatic heterocycles. The maximum atomic E-state index is 13.2. The minimum Gasteiger partial charge on any atom is -0.457 e. The van der Waals surface area contributed by atoms with Crippen LogP contribution in [0.4, 0.5) is 0 Å². The van der Waals surface area contributed by atoms with Crippen LogP contribution in [0.2, 0.25) is 0 Å². The second-order valence-electron chi connectivity index (χ2n) is 7.75. The molecule has 1 N–H and O–H groups in total. The Morgan fingerprint density at radius 1 is 0.933 bits per heavy atom. The Morgan fingerprint density at radius 2 is 1.57 bits per heavy atom. The van der Waals surface area contributed by atoms with Gasteiger partial charge in [0.05, 0.1) is 5.92 Å². The van der Waals surface area contributed by atoms with Crippen LogP contribution >= 0.6 is 0 Å². The first-order valence-electron chi connectivity index (χ1n) is 10.4. The maximum Gasteiger partial charge on any atom is 0.232 e. The molecule has 3 aromatic carbocycles. The number of aromatic nitrogens is 1. The predicted octanol–water partition coefficient (Wildman–Crippen LogP) is 5.39. The lowest BCUT2D eigenvalue weighted by molar-refractivity contribution is -0.121. The van der Waals surface area contributed by atoms with Crippen LogP contribution in [0.15, 0.2) is 78.9 Å². The first-order chi connectivity index (χ1) is 14.7. The standard InChI is InChI=1S/C26H24N2O2/c1-18-17-19-9-2-5-12-22(19)28(18)16-8-15-27-26(29)25-20-10-3-6-13-23(20)30-24-14-7-4-11-21(24)25/h2-7,9-14,17,25H,8,15-16H2,1H3,(H,27,29). The van der Waals surface area contributed by atoms with E-state index in [1.807, 2.05) is 48.5 Å². The van der Waals surface area contributed by atoms with Crippen molar-refractivity contribution in [1.82, 2.24) is 9.88 Å². The fourth-order valence-corrected chi connectivity index (χ4v) is 4.39. The predicted molar refractivity (Wildman–Crippen MR) is 119 cm³/mol. The molecule has 0 saturated heterocycles. The van der Waals surface area contributed by atoms with Gasteiger partial charge in [-0.05, 0) is 43.0 Å². The highest BCUT2D eigenvalue weighted by molar-refractivity contribution is 5.89. The van der Waals surface area contributed by atoms with Crippen molar-refractivity contribution < 1.29 is 9.53 Å². The Bertz CT molecular complexity index is 1180. The van der Waals surface area contributed by atoms with Crippen molar-refractivity contribution in [2.75, 3.05) is 6.54 Å². The zero-order chi connectivity index (χ0) is 20.5. The molecule has 30 heavy (non-hydrogen) atoms. The van der Waals surface area contributed by atoms with Crippen LogP contribution < -0.4 is 10.1 Å². The molecule has 0 saturated carbocycles. The lowest BCUT2D eigenvalue weighted by atomic mass is 9.87. The number of ether oxygens (including phenoxy) is 1. The number of nitrogens with zero attached hydrogens (tertiary/aromatic N) is 1. The molecule has 0 fully saturated rings. The van der Waals surface area contributed by atoms with E-state index in [-0.39, 0.29) is 11.8 Å². The van der Waals surface area contributed by atoms with Crippen LogP contribution in [-0.2, 0) is 11.3 Å². The van der Waals surface area contributed by atoms with Gasteiger partial charge in [0.25, 0.3) is 0 Å². The summed E-state index contributed by atoms with van der Waals surface area (Å²) in [5.41, 5.74) is 4.32. The molecule has 0 radical (unpaired) electrons. The van der Waals surface area contributed by atoms with Crippen LogP contribution in [0.3, 0.4) is 0 Å². The van der Waals surface area contributed by atoms with Gasteiger partial charge in [0.1, 0.15) is 11.5 Å². The molecule has 0 spiro atoms. The molecule has 0 bridgehead atoms. The number of hydrogen-bond donors (Lipinski definition) is 1. The Balaban J connectivity index is 1.30. The molecule has 2 heterocycles. The number of carbonyl (C=O) groups excluding carboxylic acids is 1. The van der Waals surface area contributed by atoms with Crippen LogP contribution in [0.25, 0.3) is 10.9 Å². The fraction of sp³-hybridized carbons (Fsp3) is 0.192. The summed E-state index contributed by atoms with van der Waals surface area (Å²) in [5, 5.41) is 4.42. The van der Waals surface area contributed by atoms with Crippen LogP contribution in [-0.4, -0.2) is 17.0 Å². The molecule has 1 amide bonds. The summed E-state index contributed by atoms with van der Waals surface area (Å²) in [6.07, 6.45) is 0.873. The van der Waals surface area contributed by atoms with Crippen molar-refractivity contribution in [2.45, 2.75) is 25.8 Å². The monoisotopic (exact) mass is 396 g/mol. The van der Waals surface area contributed by atoms with Gasteiger partial charge in [-0.2, -0.15) is 0 Å². The quantitative estimate of drug-likeness (QED) is 0.459. The van der Waals surface area contributed by atoms with E-state index in [0.717, 1.165) is 35.6 Å². The topological polar surface area (TPSA) is 43.3 Å². The Morgan fingerprint density at radius 3 is 2.30 bits per heavy atom. The summed E-state index contributed by atoms with van der Waals surface area (Å²) in [4.78, 5) is 13.2. The molecular weight excluding hydrogens is 372 g/mol. The summed E-state index contributed by atoms with van der Waals surface area (Å²) in [7, 11) is 0. The first-order valence-corrected chi connectivity index (χ1v) is 10.4. The van der Waals surface area contributed by atoms with Crippen molar-refractivity contribution in [3.63, 3.8) is 0 Å². The average Bonchev–Trinajstić information content (AvgIpc) is 3.09. The minimum absolute atomic E-state index is 0.0206. The van der Waals surface area contributed by atoms with Gasteiger partial charge >= 0.3 is 0 Å². The van der Waals surface area contributed by atoms with Gasteiger partial charge in [0.15, 0.2) is 0 Å². The molecular formula is C26H24N2O2. The lowest BCUT2D eigenvalue weighted by Crippen LogP contribution is -2.32. The smallest absolute Gasteiger partial charge is 0.232 e. The van der Waals surface area contributed by atoms with Crippen molar-refractivity contribution in [3.05, 3.63) is 95.7 Å². The van der Waals surface area contributed by atoms with Gasteiger partial charge in [-0.25, -0.2) is 0 Å². The largest absolute Gasteiger partial charge is 0.457 e. The molecule has 5 rings (SSSR count). The molecule has 1 aliphatic rings. The number of para-hydroxylation sites is 3. The summed E-state index contributed by atoms with van der Waals surface area (Å²) in [5.74, 6) is 1.18. The van der Waals surface area contributed by atoms with Crippen LogP contribution in [0, 0.1) is 6.92 Å². The van der Waals surface area contributed by atoms with Gasteiger partial charge in [0, 0.05) is 35.4 Å². The Labute approximate surface area is 176 Å². The van der Waals surface area contributed by atoms with Crippen molar-refractivity contribution >= 4 is 16.8 Å². The third kappa shape index (κ3) is 3.24. The number of aryl methyl sites for hydroxylation is 2. The van der Waals surface area contributed by atoms with E-state index >= 15 is 0 Å². The number of benzene rings is 3. The molecule has 0 aliphatic carbocycles. The number of carbonyl (C=O) groups is 1. The molecule has 4 aromatic rings. The number of hydrogen-bond acceptors (Lipinski definition) is 2. The Hall–Kier alpha value is -3.53. The molecule has 4 nitrogen and oxygen atoms in total. The highest BCUT2D eigenvalue weighted by atomic mass is 16.5. The van der Waals surface area contributed by atoms with E-state index in [0.29, 0.717) is 6.54 Å². The van der Waals surface area contributed by atoms with Gasteiger partial charge in [-0.15, -0.1) is 0 Å². The summed E-state index contributed by atoms with van der Waals surface area (Å²) >= 11 is 0. The third-order valence-electron chi connectivity index (χ3n) is 5.82. The zero-order valence-corrected chi connectivity index (χ0v) is 17.0. The fourth-order valence-electron chi connectivity index (χ4n) is 4.39. The first kappa shape index (κ1) is 18.5. The van der Waals surface area contributed by atoms with Crippen LogP contribution in [0.5, 0.6) is 11.5 Å². The van der Waals surface area contributed by atoms with Gasteiger partial charge in [0.2, 0.25) is 5.91 Å². The van der Waals surface area contributed by atoms with Crippen molar-refractivity contribution in [1.29, 1.82) is 0 Å². The highest BCUT2D eigenvalue weighted by Crippen LogP contribution is 2.43. The SMILES string of the molecule is Cc1cc2ccccc2n1CCCNC(=O)C1c2ccccc2Oc2ccccc21. The molecule has 0 unspecified atom stereocenters. The van der Waals surface area contributed by atoms with E-state index in [2.05, 4.69) is 47.1 Å². The number of amides is 1. The maximum absolute atomic E-state index is 13.2. The average molecular weight is 396 g/mol. The molecule has 150 valence electrons. The second kappa shape index (κ2) is 7.71. The van der Waals surface area contributed by atoms with Gasteiger partial charge < -0.3 is 14.6 Å². The minimum atomic E-state index is -0.347. The van der Waals surface area contributed by atoms with E-state index in [1.165, 1.54) is 16.6 Å². The van der Waals surface area contributed by atoms with E-state index in [4.69, 9.17) is 4.74 Å².